The molecular weight excluding hydrogens is 495 g/mol. The van der Waals surface area contributed by atoms with Crippen LogP contribution in [-0.2, 0) is 14.4 Å². The minimum atomic E-state index is -4.58. The summed E-state index contributed by atoms with van der Waals surface area (Å²) in [5, 5.41) is 14.1. The van der Waals surface area contributed by atoms with Crippen molar-refractivity contribution in [1.29, 1.82) is 0 Å². The highest BCUT2D eigenvalue weighted by molar-refractivity contribution is 6.16. The number of halogens is 3. The quantitative estimate of drug-likeness (QED) is 0.459. The zero-order valence-electron chi connectivity index (χ0n) is 19.8. The second-order valence-corrected chi connectivity index (χ2v) is 8.35. The smallest absolute Gasteiger partial charge is 0.422 e. The summed E-state index contributed by atoms with van der Waals surface area (Å²) in [5.74, 6) is -2.63. The zero-order valence-corrected chi connectivity index (χ0v) is 19.8. The number of ketones is 1. The van der Waals surface area contributed by atoms with Gasteiger partial charge in [0.1, 0.15) is 5.75 Å². The number of ether oxygens (including phenoxy) is 1. The summed E-state index contributed by atoms with van der Waals surface area (Å²) >= 11 is 0. The van der Waals surface area contributed by atoms with E-state index in [0.717, 1.165) is 4.90 Å². The van der Waals surface area contributed by atoms with E-state index in [-0.39, 0.29) is 22.4 Å². The molecule has 0 aromatic heterocycles. The Morgan fingerprint density at radius 1 is 1.14 bits per heavy atom. The Labute approximate surface area is 209 Å². The van der Waals surface area contributed by atoms with Crippen LogP contribution in [0.4, 0.5) is 18.0 Å². The lowest BCUT2D eigenvalue weighted by Gasteiger charge is -2.27. The first-order valence-electron chi connectivity index (χ1n) is 11.0. The molecule has 0 saturated heterocycles. The van der Waals surface area contributed by atoms with Gasteiger partial charge in [-0.05, 0) is 30.2 Å². The van der Waals surface area contributed by atoms with Crippen molar-refractivity contribution < 1.29 is 42.2 Å². The van der Waals surface area contributed by atoms with Crippen LogP contribution in [0.15, 0.2) is 60.3 Å². The van der Waals surface area contributed by atoms with Crippen LogP contribution in [0.1, 0.15) is 24.9 Å². The van der Waals surface area contributed by atoms with Crippen LogP contribution < -0.4 is 15.4 Å². The number of urea groups is 1. The van der Waals surface area contributed by atoms with Crippen LogP contribution in [0.5, 0.6) is 5.75 Å². The number of likely N-dealkylation sites (N-methyl/N-ethyl adjacent to an activating group) is 1. The third kappa shape index (κ3) is 7.09. The lowest BCUT2D eigenvalue weighted by molar-refractivity contribution is -0.153. The molecule has 3 N–H and O–H groups in total. The summed E-state index contributed by atoms with van der Waals surface area (Å²) in [7, 11) is 1.42. The first kappa shape index (κ1) is 27.2. The van der Waals surface area contributed by atoms with Gasteiger partial charge in [-0.1, -0.05) is 36.4 Å². The topological polar surface area (TPSA) is 125 Å². The number of nitrogens with zero attached hydrogens (tertiary/aromatic N) is 1. The van der Waals surface area contributed by atoms with Crippen molar-refractivity contribution >= 4 is 23.7 Å². The van der Waals surface area contributed by atoms with Crippen molar-refractivity contribution in [3.8, 4) is 16.9 Å². The summed E-state index contributed by atoms with van der Waals surface area (Å²) in [4.78, 5) is 50.1. The van der Waals surface area contributed by atoms with Crippen LogP contribution in [0.3, 0.4) is 0 Å². The molecule has 2 unspecified atom stereocenters. The number of carboxylic acids is 1. The first-order chi connectivity index (χ1) is 17.4. The molecule has 3 rings (SSSR count). The SMILES string of the molecule is CC1=CN(C)C(=O)C(NC(=O)NC(CC(=O)O)c2ccc(OCC(F)(F)F)c(-c3ccccc3)c2)C1=O. The average Bonchev–Trinajstić information content (AvgIpc) is 2.83. The highest BCUT2D eigenvalue weighted by Crippen LogP contribution is 2.34. The molecular formula is C25H24F3N3O6. The molecule has 0 aliphatic carbocycles. The lowest BCUT2D eigenvalue weighted by atomic mass is 9.97. The summed E-state index contributed by atoms with van der Waals surface area (Å²) in [6.45, 7) is -0.0459. The average molecular weight is 519 g/mol. The Morgan fingerprint density at radius 2 is 1.81 bits per heavy atom. The number of carbonyl (C=O) groups is 4. The summed E-state index contributed by atoms with van der Waals surface area (Å²) in [6, 6.07) is 8.73. The van der Waals surface area contributed by atoms with Crippen molar-refractivity contribution in [1.82, 2.24) is 15.5 Å². The van der Waals surface area contributed by atoms with E-state index in [1.807, 2.05) is 0 Å². The molecule has 0 fully saturated rings. The van der Waals surface area contributed by atoms with Crippen molar-refractivity contribution in [2.75, 3.05) is 13.7 Å². The maximum absolute atomic E-state index is 12.8. The molecule has 2 atom stereocenters. The predicted molar refractivity (Wildman–Crippen MR) is 125 cm³/mol. The molecule has 37 heavy (non-hydrogen) atoms. The minimum Gasteiger partial charge on any atom is -0.483 e. The Hall–Kier alpha value is -4.35. The maximum Gasteiger partial charge on any atom is 0.422 e. The third-order valence-corrected chi connectivity index (χ3v) is 5.47. The number of Topliss-reactive ketones (excluding diaryl/α,β-unsaturated/α-hetero) is 1. The fourth-order valence-electron chi connectivity index (χ4n) is 3.74. The van der Waals surface area contributed by atoms with Crippen LogP contribution in [0, 0.1) is 0 Å². The molecule has 1 heterocycles. The Morgan fingerprint density at radius 3 is 2.43 bits per heavy atom. The van der Waals surface area contributed by atoms with Gasteiger partial charge >= 0.3 is 18.2 Å². The fraction of sp³-hybridized carbons (Fsp3) is 0.280. The van der Waals surface area contributed by atoms with Crippen LogP contribution in [-0.4, -0.2) is 59.6 Å². The molecule has 0 radical (unpaired) electrons. The van der Waals surface area contributed by atoms with Gasteiger partial charge < -0.3 is 25.4 Å². The van der Waals surface area contributed by atoms with Gasteiger partial charge in [0.15, 0.2) is 18.4 Å². The summed E-state index contributed by atoms with van der Waals surface area (Å²) in [5.41, 5.74) is 1.26. The number of amides is 3. The van der Waals surface area contributed by atoms with Crippen molar-refractivity contribution in [2.24, 2.45) is 0 Å². The van der Waals surface area contributed by atoms with Gasteiger partial charge in [0, 0.05) is 24.4 Å². The third-order valence-electron chi connectivity index (χ3n) is 5.47. The van der Waals surface area contributed by atoms with Gasteiger partial charge in [0.25, 0.3) is 5.91 Å². The molecule has 0 spiro atoms. The van der Waals surface area contributed by atoms with E-state index in [1.165, 1.54) is 38.4 Å². The number of hydrogen-bond donors (Lipinski definition) is 3. The number of benzene rings is 2. The van der Waals surface area contributed by atoms with E-state index in [4.69, 9.17) is 4.74 Å². The van der Waals surface area contributed by atoms with E-state index in [0.29, 0.717) is 5.56 Å². The number of carbonyl (C=O) groups excluding carboxylic acids is 3. The standard InChI is InChI=1S/C25H24F3N3O6/c1-14-12-31(2)23(35)21(22(14)34)30-24(36)29-18(11-20(32)33)16-8-9-19(37-13-25(26,27)28)17(10-16)15-6-4-3-5-7-15/h3-10,12,18,21H,11,13H2,1-2H3,(H,32,33)(H2,29,30,36). The highest BCUT2D eigenvalue weighted by Gasteiger charge is 2.35. The Kier molecular flexibility index (Phi) is 8.21. The summed E-state index contributed by atoms with van der Waals surface area (Å²) < 4.78 is 43.3. The predicted octanol–water partition coefficient (Wildman–Crippen LogP) is 3.42. The number of rotatable bonds is 8. The molecule has 12 heteroatoms. The fourth-order valence-corrected chi connectivity index (χ4v) is 3.74. The molecule has 196 valence electrons. The molecule has 1 aliphatic heterocycles. The van der Waals surface area contributed by atoms with Crippen molar-refractivity contribution in [3.63, 3.8) is 0 Å². The van der Waals surface area contributed by atoms with Gasteiger partial charge in [-0.15, -0.1) is 0 Å². The largest absolute Gasteiger partial charge is 0.483 e. The normalized spacial score (nSPS) is 16.6. The van der Waals surface area contributed by atoms with E-state index in [1.54, 1.807) is 30.3 Å². The van der Waals surface area contributed by atoms with E-state index >= 15 is 0 Å². The molecule has 3 amide bonds. The minimum absolute atomic E-state index is 0.0884. The van der Waals surface area contributed by atoms with Gasteiger partial charge in [-0.3, -0.25) is 14.4 Å². The number of hydrogen-bond acceptors (Lipinski definition) is 5. The zero-order chi connectivity index (χ0) is 27.3. The molecule has 0 saturated carbocycles. The van der Waals surface area contributed by atoms with E-state index in [2.05, 4.69) is 10.6 Å². The monoisotopic (exact) mass is 519 g/mol. The molecule has 9 nitrogen and oxygen atoms in total. The molecule has 2 aromatic carbocycles. The first-order valence-corrected chi connectivity index (χ1v) is 11.0. The summed E-state index contributed by atoms with van der Waals surface area (Å²) in [6.07, 6.45) is -3.83. The molecule has 0 bridgehead atoms. The van der Waals surface area contributed by atoms with Gasteiger partial charge in [-0.2, -0.15) is 13.2 Å². The second kappa shape index (κ2) is 11.1. The van der Waals surface area contributed by atoms with Crippen LogP contribution in [0.25, 0.3) is 11.1 Å². The van der Waals surface area contributed by atoms with Gasteiger partial charge in [0.2, 0.25) is 0 Å². The second-order valence-electron chi connectivity index (χ2n) is 8.35. The number of nitrogens with one attached hydrogen (secondary N) is 2. The highest BCUT2D eigenvalue weighted by atomic mass is 19.4. The van der Waals surface area contributed by atoms with Gasteiger partial charge in [-0.25, -0.2) is 4.79 Å². The number of alkyl halides is 3. The van der Waals surface area contributed by atoms with Crippen molar-refractivity contribution in [2.45, 2.75) is 31.6 Å². The van der Waals surface area contributed by atoms with Crippen LogP contribution in [0.2, 0.25) is 0 Å². The number of carboxylic acid groups (broad SMARTS) is 1. The van der Waals surface area contributed by atoms with Gasteiger partial charge in [0.05, 0.1) is 12.5 Å². The Balaban J connectivity index is 1.90. The maximum atomic E-state index is 12.8. The van der Waals surface area contributed by atoms with Crippen molar-refractivity contribution in [3.05, 3.63) is 65.9 Å². The molecule has 1 aliphatic rings. The lowest BCUT2D eigenvalue weighted by Crippen LogP contribution is -2.56. The van der Waals surface area contributed by atoms with E-state index < -0.39 is 55.0 Å². The molecule has 2 aromatic rings. The van der Waals surface area contributed by atoms with E-state index in [9.17, 15) is 37.5 Å². The van der Waals surface area contributed by atoms with Crippen LogP contribution >= 0.6 is 0 Å². The number of aliphatic carboxylic acids is 1. The Bertz CT molecular complexity index is 1230.